The minimum atomic E-state index is -1.84. The van der Waals surface area contributed by atoms with E-state index in [9.17, 15) is 0 Å². The molecule has 0 aliphatic carbocycles. The number of nitrogens with zero attached hydrogens (tertiary/aromatic N) is 2. The van der Waals surface area contributed by atoms with E-state index in [1.807, 2.05) is 0 Å². The fourth-order valence-electron chi connectivity index (χ4n) is 7.96. The van der Waals surface area contributed by atoms with Crippen molar-refractivity contribution in [2.24, 2.45) is 0 Å². The maximum Gasteiger partial charge on any atom is 0.161 e. The van der Waals surface area contributed by atoms with Gasteiger partial charge in [-0.15, -0.1) is 0 Å². The lowest BCUT2D eigenvalue weighted by Crippen LogP contribution is -2.45. The molecule has 55 heavy (non-hydrogen) atoms. The Morgan fingerprint density at radius 1 is 0.400 bits per heavy atom. The summed E-state index contributed by atoms with van der Waals surface area (Å²) in [5.41, 5.74) is 12.4. The molecule has 0 saturated carbocycles. The fraction of sp³-hybridized carbons (Fsp3) is 0.265. The Balaban J connectivity index is 0.972. The van der Waals surface area contributed by atoms with Gasteiger partial charge in [-0.1, -0.05) is 128 Å². The van der Waals surface area contributed by atoms with Gasteiger partial charge in [0.05, 0.1) is 0 Å². The summed E-state index contributed by atoms with van der Waals surface area (Å²) in [6.07, 6.45) is 0.887. The van der Waals surface area contributed by atoms with Crippen LogP contribution >= 0.6 is 0 Å². The molecule has 0 radical (unpaired) electrons. The van der Waals surface area contributed by atoms with Gasteiger partial charge < -0.3 is 19.1 Å². The monoisotopic (exact) mass is 756 g/mol. The average Bonchev–Trinajstić information content (AvgIpc) is 3.65. The van der Waals surface area contributed by atoms with Gasteiger partial charge in [-0.25, -0.2) is 0 Å². The van der Waals surface area contributed by atoms with Crippen LogP contribution in [-0.2, 0) is 6.42 Å². The van der Waals surface area contributed by atoms with Crippen molar-refractivity contribution in [3.05, 3.63) is 145 Å². The largest absolute Gasteiger partial charge is 0.368 e. The van der Waals surface area contributed by atoms with Crippen LogP contribution in [0.15, 0.2) is 133 Å². The predicted molar refractivity (Wildman–Crippen MR) is 246 cm³/mol. The number of para-hydroxylation sites is 2. The first-order chi connectivity index (χ1) is 26.0. The average molecular weight is 757 g/mol. The van der Waals surface area contributed by atoms with E-state index in [4.69, 9.17) is 0 Å². The third-order valence-corrected chi connectivity index (χ3v) is 23.6. The Morgan fingerprint density at radius 2 is 0.727 bits per heavy atom. The van der Waals surface area contributed by atoms with Crippen LogP contribution in [0.4, 0.5) is 22.7 Å². The highest BCUT2D eigenvalue weighted by Crippen LogP contribution is 2.44. The van der Waals surface area contributed by atoms with Crippen LogP contribution in [0, 0.1) is 0 Å². The number of benzene rings is 6. The molecule has 0 fully saturated rings. The summed E-state index contributed by atoms with van der Waals surface area (Å²) in [4.78, 5) is 0. The Labute approximate surface area is 329 Å². The van der Waals surface area contributed by atoms with Crippen molar-refractivity contribution >= 4 is 82.8 Å². The van der Waals surface area contributed by atoms with Crippen molar-refractivity contribution in [1.82, 2.24) is 8.47 Å². The lowest BCUT2D eigenvalue weighted by atomic mass is 10.0. The zero-order valence-electron chi connectivity index (χ0n) is 34.3. The van der Waals surface area contributed by atoms with Crippen LogP contribution in [0.25, 0.3) is 43.6 Å². The van der Waals surface area contributed by atoms with E-state index in [2.05, 4.69) is 220 Å². The molecule has 0 unspecified atom stereocenters. The molecular formula is C49H56N4Si2. The zero-order chi connectivity index (χ0) is 38.9. The number of anilines is 4. The van der Waals surface area contributed by atoms with E-state index >= 15 is 0 Å². The maximum atomic E-state index is 3.69. The number of hydrogen-bond donors (Lipinski definition) is 2. The summed E-state index contributed by atoms with van der Waals surface area (Å²) in [5, 5.41) is 13.1. The minimum absolute atomic E-state index is 0.226. The zero-order valence-corrected chi connectivity index (χ0v) is 36.3. The molecule has 0 amide bonds. The molecule has 4 nitrogen and oxygen atoms in total. The SMILES string of the molecule is CC(C)(C)[Si](C)(C)n1c2ccccc2c2cc(Nc3ccc(Cc4ccc(Nc5ccc6c(c5)c5ccccc5n6[Si](C)(C)C(C)(C)C)cc4)cc3)ccc21. The number of aromatic nitrogens is 2. The van der Waals surface area contributed by atoms with E-state index in [1.165, 1.54) is 54.7 Å². The molecule has 0 saturated heterocycles. The highest BCUT2D eigenvalue weighted by Gasteiger charge is 2.40. The Kier molecular flexibility index (Phi) is 8.93. The van der Waals surface area contributed by atoms with Gasteiger partial charge in [-0.3, -0.25) is 0 Å². The van der Waals surface area contributed by atoms with Crippen molar-refractivity contribution in [2.75, 3.05) is 10.6 Å². The van der Waals surface area contributed by atoms with Gasteiger partial charge in [0.25, 0.3) is 0 Å². The molecule has 0 atom stereocenters. The van der Waals surface area contributed by atoms with E-state index in [0.29, 0.717) is 0 Å². The molecule has 6 aromatic carbocycles. The third kappa shape index (κ3) is 6.49. The second-order valence-electron chi connectivity index (χ2n) is 18.6. The quantitative estimate of drug-likeness (QED) is 0.151. The maximum absolute atomic E-state index is 3.69. The van der Waals surface area contributed by atoms with E-state index in [0.717, 1.165) is 29.2 Å². The molecular weight excluding hydrogens is 701 g/mol. The number of rotatable bonds is 8. The first-order valence-corrected chi connectivity index (χ1v) is 25.7. The van der Waals surface area contributed by atoms with E-state index in [-0.39, 0.29) is 10.1 Å². The number of fused-ring (bicyclic) bond motifs is 6. The first-order valence-electron chi connectivity index (χ1n) is 19.8. The molecule has 2 aromatic heterocycles. The Hall–Kier alpha value is -5.05. The summed E-state index contributed by atoms with van der Waals surface area (Å²) >= 11 is 0. The second-order valence-corrected chi connectivity index (χ2v) is 28.7. The summed E-state index contributed by atoms with van der Waals surface area (Å²) in [6.45, 7) is 24.3. The number of hydrogen-bond acceptors (Lipinski definition) is 2. The smallest absolute Gasteiger partial charge is 0.161 e. The van der Waals surface area contributed by atoms with Crippen molar-refractivity contribution in [3.8, 4) is 0 Å². The van der Waals surface area contributed by atoms with Crippen LogP contribution in [0.2, 0.25) is 36.3 Å². The molecule has 0 bridgehead atoms. The summed E-state index contributed by atoms with van der Waals surface area (Å²) in [6, 6.07) is 49.4. The molecule has 6 heteroatoms. The number of nitrogens with one attached hydrogen (secondary N) is 2. The lowest BCUT2D eigenvalue weighted by Gasteiger charge is -2.39. The highest BCUT2D eigenvalue weighted by atomic mass is 28.3. The van der Waals surface area contributed by atoms with Crippen molar-refractivity contribution < 1.29 is 0 Å². The van der Waals surface area contributed by atoms with Crippen molar-refractivity contribution in [1.29, 1.82) is 0 Å². The standard InChI is InChI=1S/C49H56N4Si2/c1-48(2,3)54(7,8)52-44-17-13-11-15-40(44)42-32-38(27-29-46(42)52)50-36-23-19-34(20-24-36)31-35-21-25-37(26-22-35)51-39-28-30-47-43(33-39)41-16-12-14-18-45(41)53(47)55(9,10)49(4,5)6/h11-30,32-33,50-51H,31H2,1-10H3. The van der Waals surface area contributed by atoms with Crippen LogP contribution in [0.1, 0.15) is 52.7 Å². The molecule has 8 rings (SSSR count). The Morgan fingerprint density at radius 3 is 1.09 bits per heavy atom. The van der Waals surface area contributed by atoms with Gasteiger partial charge in [-0.05, 0) is 100 Å². The van der Waals surface area contributed by atoms with Crippen molar-refractivity contribution in [2.45, 2.75) is 84.2 Å². The van der Waals surface area contributed by atoms with Gasteiger partial charge in [0.1, 0.15) is 0 Å². The van der Waals surface area contributed by atoms with Gasteiger partial charge >= 0.3 is 0 Å². The molecule has 8 aromatic rings. The fourth-order valence-corrected chi connectivity index (χ4v) is 12.5. The van der Waals surface area contributed by atoms with E-state index < -0.39 is 16.5 Å². The second kappa shape index (κ2) is 13.3. The summed E-state index contributed by atoms with van der Waals surface area (Å²) < 4.78 is 5.35. The molecule has 0 aliphatic heterocycles. The predicted octanol–water partition coefficient (Wildman–Crippen LogP) is 14.7. The minimum Gasteiger partial charge on any atom is -0.368 e. The van der Waals surface area contributed by atoms with Gasteiger partial charge in [0.15, 0.2) is 16.5 Å². The first kappa shape index (κ1) is 36.9. The Bertz CT molecular complexity index is 2500. The van der Waals surface area contributed by atoms with Crippen LogP contribution in [-0.4, -0.2) is 24.9 Å². The summed E-state index contributed by atoms with van der Waals surface area (Å²) in [7, 11) is -3.69. The van der Waals surface area contributed by atoms with Crippen LogP contribution in [0.3, 0.4) is 0 Å². The third-order valence-electron chi connectivity index (χ3n) is 13.0. The van der Waals surface area contributed by atoms with Crippen LogP contribution < -0.4 is 10.6 Å². The molecule has 2 heterocycles. The topological polar surface area (TPSA) is 33.9 Å². The molecule has 0 spiro atoms. The van der Waals surface area contributed by atoms with Gasteiger partial charge in [0, 0.05) is 66.4 Å². The van der Waals surface area contributed by atoms with Gasteiger partial charge in [-0.2, -0.15) is 0 Å². The molecule has 2 N–H and O–H groups in total. The molecule has 0 aliphatic rings. The van der Waals surface area contributed by atoms with Crippen LogP contribution in [0.5, 0.6) is 0 Å². The van der Waals surface area contributed by atoms with E-state index in [1.54, 1.807) is 0 Å². The molecule has 280 valence electrons. The van der Waals surface area contributed by atoms with Crippen molar-refractivity contribution in [3.63, 3.8) is 0 Å². The summed E-state index contributed by atoms with van der Waals surface area (Å²) in [5.74, 6) is 0. The van der Waals surface area contributed by atoms with Gasteiger partial charge in [0.2, 0.25) is 0 Å². The highest BCUT2D eigenvalue weighted by molar-refractivity contribution is 6.80. The lowest BCUT2D eigenvalue weighted by molar-refractivity contribution is 0.705. The normalized spacial score (nSPS) is 13.0.